The van der Waals surface area contributed by atoms with Crippen molar-refractivity contribution in [3.63, 3.8) is 0 Å². The molecule has 0 radical (unpaired) electrons. The van der Waals surface area contributed by atoms with E-state index in [9.17, 15) is 4.79 Å². The lowest BCUT2D eigenvalue weighted by molar-refractivity contribution is 0.0533. The van der Waals surface area contributed by atoms with Gasteiger partial charge < -0.3 is 19.9 Å². The molecule has 0 spiro atoms. The van der Waals surface area contributed by atoms with E-state index in [1.807, 2.05) is 18.2 Å². The Morgan fingerprint density at radius 3 is 2.81 bits per heavy atom. The molecule has 0 atom stereocenters. The van der Waals surface area contributed by atoms with Crippen molar-refractivity contribution in [3.8, 4) is 21.9 Å². The first-order valence-corrected chi connectivity index (χ1v) is 7.47. The van der Waals surface area contributed by atoms with Crippen LogP contribution < -0.4 is 15.2 Å². The smallest absolute Gasteiger partial charge is 0.350 e. The summed E-state index contributed by atoms with van der Waals surface area (Å²) >= 11 is 1.32. The van der Waals surface area contributed by atoms with Gasteiger partial charge in [0.1, 0.15) is 18.1 Å². The van der Waals surface area contributed by atoms with Gasteiger partial charge in [0, 0.05) is 4.88 Å². The summed E-state index contributed by atoms with van der Waals surface area (Å²) in [5, 5.41) is 0. The third-order valence-corrected chi connectivity index (χ3v) is 4.23. The molecule has 3 rings (SSSR count). The summed E-state index contributed by atoms with van der Waals surface area (Å²) in [5.41, 5.74) is 7.27. The quantitative estimate of drug-likeness (QED) is 0.883. The molecule has 5 nitrogen and oxygen atoms in total. The Morgan fingerprint density at radius 1 is 1.29 bits per heavy atom. The predicted octanol–water partition coefficient (Wildman–Crippen LogP) is 2.95. The monoisotopic (exact) mass is 305 g/mol. The van der Waals surface area contributed by atoms with E-state index in [0.29, 0.717) is 36.1 Å². The van der Waals surface area contributed by atoms with Gasteiger partial charge in [0.25, 0.3) is 0 Å². The number of rotatable bonds is 3. The van der Waals surface area contributed by atoms with E-state index in [4.69, 9.17) is 19.9 Å². The summed E-state index contributed by atoms with van der Waals surface area (Å²) in [7, 11) is 0. The molecule has 1 aliphatic heterocycles. The molecule has 2 aromatic rings. The summed E-state index contributed by atoms with van der Waals surface area (Å²) in [6.45, 7) is 3.20. The third-order valence-electron chi connectivity index (χ3n) is 3.05. The van der Waals surface area contributed by atoms with Crippen LogP contribution in [-0.4, -0.2) is 25.8 Å². The van der Waals surface area contributed by atoms with E-state index in [2.05, 4.69) is 0 Å². The highest BCUT2D eigenvalue weighted by molar-refractivity contribution is 7.18. The van der Waals surface area contributed by atoms with Crippen molar-refractivity contribution < 1.29 is 19.0 Å². The number of carbonyl (C=O) groups excluding carboxylic acids is 1. The topological polar surface area (TPSA) is 70.8 Å². The Labute approximate surface area is 126 Å². The summed E-state index contributed by atoms with van der Waals surface area (Å²) < 4.78 is 16.1. The second-order valence-electron chi connectivity index (χ2n) is 4.47. The van der Waals surface area contributed by atoms with Crippen LogP contribution in [0.4, 0.5) is 5.69 Å². The largest absolute Gasteiger partial charge is 0.486 e. The lowest BCUT2D eigenvalue weighted by Crippen LogP contribution is -2.15. The maximum absolute atomic E-state index is 11.8. The number of hydrogen-bond acceptors (Lipinski definition) is 6. The number of ether oxygens (including phenoxy) is 3. The van der Waals surface area contributed by atoms with Gasteiger partial charge in [0.2, 0.25) is 0 Å². The minimum absolute atomic E-state index is 0.329. The lowest BCUT2D eigenvalue weighted by Gasteiger charge is -2.18. The Hall–Kier alpha value is -2.21. The molecule has 2 N–H and O–H groups in total. The molecule has 1 aromatic carbocycles. The van der Waals surface area contributed by atoms with Gasteiger partial charge in [-0.05, 0) is 36.8 Å². The van der Waals surface area contributed by atoms with Crippen molar-refractivity contribution in [3.05, 3.63) is 29.1 Å². The molecule has 2 heterocycles. The van der Waals surface area contributed by atoms with Crippen LogP contribution in [0.15, 0.2) is 24.3 Å². The SMILES string of the molecule is CCOC(=O)c1sc(-c2ccc3c(c2)OCCO3)cc1N. The number of thiophene rings is 1. The van der Waals surface area contributed by atoms with Gasteiger partial charge in [-0.3, -0.25) is 0 Å². The fourth-order valence-corrected chi connectivity index (χ4v) is 3.07. The fraction of sp³-hybridized carbons (Fsp3) is 0.267. The average molecular weight is 305 g/mol. The number of nitrogens with two attached hydrogens (primary N) is 1. The molecule has 0 saturated heterocycles. The highest BCUT2D eigenvalue weighted by Crippen LogP contribution is 2.39. The summed E-state index contributed by atoms with van der Waals surface area (Å²) in [6, 6.07) is 7.47. The Morgan fingerprint density at radius 2 is 2.05 bits per heavy atom. The molecule has 6 heteroatoms. The molecule has 1 aliphatic rings. The summed E-state index contributed by atoms with van der Waals surface area (Å²) in [5.74, 6) is 1.06. The van der Waals surface area contributed by atoms with Gasteiger partial charge in [0.15, 0.2) is 11.5 Å². The van der Waals surface area contributed by atoms with Crippen LogP contribution in [0, 0.1) is 0 Å². The highest BCUT2D eigenvalue weighted by atomic mass is 32.1. The van der Waals surface area contributed by atoms with Gasteiger partial charge in [0.05, 0.1) is 12.3 Å². The number of anilines is 1. The van der Waals surface area contributed by atoms with E-state index in [-0.39, 0.29) is 5.97 Å². The van der Waals surface area contributed by atoms with Crippen LogP contribution in [0.2, 0.25) is 0 Å². The van der Waals surface area contributed by atoms with Crippen LogP contribution in [-0.2, 0) is 4.74 Å². The maximum Gasteiger partial charge on any atom is 0.350 e. The molecule has 0 bridgehead atoms. The predicted molar refractivity (Wildman–Crippen MR) is 81.1 cm³/mol. The fourth-order valence-electron chi connectivity index (χ4n) is 2.10. The lowest BCUT2D eigenvalue weighted by atomic mass is 10.1. The van der Waals surface area contributed by atoms with E-state index < -0.39 is 0 Å². The van der Waals surface area contributed by atoms with Crippen molar-refractivity contribution in [2.24, 2.45) is 0 Å². The van der Waals surface area contributed by atoms with Crippen LogP contribution in [0.25, 0.3) is 10.4 Å². The molecule has 0 saturated carbocycles. The van der Waals surface area contributed by atoms with Crippen molar-refractivity contribution in [1.82, 2.24) is 0 Å². The van der Waals surface area contributed by atoms with Crippen molar-refractivity contribution in [2.45, 2.75) is 6.92 Å². The summed E-state index contributed by atoms with van der Waals surface area (Å²) in [6.07, 6.45) is 0. The normalized spacial score (nSPS) is 13.0. The zero-order valence-corrected chi connectivity index (χ0v) is 12.4. The Kier molecular flexibility index (Phi) is 3.70. The number of benzene rings is 1. The number of nitrogen functional groups attached to an aromatic ring is 1. The number of carbonyl (C=O) groups is 1. The minimum Gasteiger partial charge on any atom is -0.486 e. The summed E-state index contributed by atoms with van der Waals surface area (Å²) in [4.78, 5) is 13.1. The molecule has 0 fully saturated rings. The van der Waals surface area contributed by atoms with E-state index >= 15 is 0 Å². The van der Waals surface area contributed by atoms with Crippen molar-refractivity contribution in [2.75, 3.05) is 25.6 Å². The standard InChI is InChI=1S/C15H15NO4S/c1-2-18-15(17)14-10(16)8-13(21-14)9-3-4-11-12(7-9)20-6-5-19-11/h3-4,7-8H,2,5-6,16H2,1H3. The second kappa shape index (κ2) is 5.65. The first-order chi connectivity index (χ1) is 10.2. The highest BCUT2D eigenvalue weighted by Gasteiger charge is 2.18. The minimum atomic E-state index is -0.385. The average Bonchev–Trinajstić information content (AvgIpc) is 2.89. The van der Waals surface area contributed by atoms with Crippen LogP contribution >= 0.6 is 11.3 Å². The molecule has 110 valence electrons. The van der Waals surface area contributed by atoms with Gasteiger partial charge in [-0.1, -0.05) is 0 Å². The van der Waals surface area contributed by atoms with Crippen LogP contribution in [0.3, 0.4) is 0 Å². The van der Waals surface area contributed by atoms with E-state index in [1.165, 1.54) is 11.3 Å². The second-order valence-corrected chi connectivity index (χ2v) is 5.53. The van der Waals surface area contributed by atoms with Gasteiger partial charge in [-0.2, -0.15) is 0 Å². The molecule has 1 aromatic heterocycles. The Bertz CT molecular complexity index is 680. The molecular formula is C15H15NO4S. The van der Waals surface area contributed by atoms with Crippen LogP contribution in [0.5, 0.6) is 11.5 Å². The van der Waals surface area contributed by atoms with Gasteiger partial charge in [-0.15, -0.1) is 11.3 Å². The maximum atomic E-state index is 11.8. The van der Waals surface area contributed by atoms with Gasteiger partial charge in [-0.25, -0.2) is 4.79 Å². The zero-order valence-electron chi connectivity index (χ0n) is 11.5. The van der Waals surface area contributed by atoms with Crippen molar-refractivity contribution >= 4 is 23.0 Å². The molecular weight excluding hydrogens is 290 g/mol. The number of fused-ring (bicyclic) bond motifs is 1. The molecule has 0 amide bonds. The number of esters is 1. The third kappa shape index (κ3) is 2.67. The molecule has 0 aliphatic carbocycles. The zero-order chi connectivity index (χ0) is 14.8. The Balaban J connectivity index is 1.94. The van der Waals surface area contributed by atoms with Crippen molar-refractivity contribution in [1.29, 1.82) is 0 Å². The molecule has 0 unspecified atom stereocenters. The molecule has 21 heavy (non-hydrogen) atoms. The van der Waals surface area contributed by atoms with E-state index in [0.717, 1.165) is 16.2 Å². The first kappa shape index (κ1) is 13.8. The van der Waals surface area contributed by atoms with Crippen LogP contribution in [0.1, 0.15) is 16.6 Å². The number of hydrogen-bond donors (Lipinski definition) is 1. The van der Waals surface area contributed by atoms with E-state index in [1.54, 1.807) is 13.0 Å². The first-order valence-electron chi connectivity index (χ1n) is 6.65. The van der Waals surface area contributed by atoms with Gasteiger partial charge >= 0.3 is 5.97 Å².